The van der Waals surface area contributed by atoms with E-state index in [9.17, 15) is 4.39 Å². The number of hydrogen-bond donors (Lipinski definition) is 0. The highest BCUT2D eigenvalue weighted by Gasteiger charge is 2.01. The fourth-order valence-electron chi connectivity index (χ4n) is 1.02. The van der Waals surface area contributed by atoms with Crippen LogP contribution in [-0.2, 0) is 11.4 Å². The molecule has 0 aliphatic carbocycles. The van der Waals surface area contributed by atoms with Gasteiger partial charge in [0.15, 0.2) is 0 Å². The van der Waals surface area contributed by atoms with Gasteiger partial charge in [-0.2, -0.15) is 5.06 Å². The Kier molecular flexibility index (Phi) is 3.84. The van der Waals surface area contributed by atoms with Gasteiger partial charge in [-0.3, -0.25) is 0 Å². The van der Waals surface area contributed by atoms with Crippen molar-refractivity contribution >= 4 is 15.9 Å². The van der Waals surface area contributed by atoms with Gasteiger partial charge in [-0.25, -0.2) is 4.39 Å². The van der Waals surface area contributed by atoms with Crippen LogP contribution >= 0.6 is 15.9 Å². The minimum absolute atomic E-state index is 0.242. The van der Waals surface area contributed by atoms with Gasteiger partial charge in [0.1, 0.15) is 5.82 Å². The fourth-order valence-corrected chi connectivity index (χ4v) is 1.54. The molecule has 0 radical (unpaired) electrons. The summed E-state index contributed by atoms with van der Waals surface area (Å²) in [5, 5.41) is 1.63. The van der Waals surface area contributed by atoms with Crippen LogP contribution in [0.25, 0.3) is 0 Å². The van der Waals surface area contributed by atoms with E-state index in [2.05, 4.69) is 15.9 Å². The van der Waals surface area contributed by atoms with E-state index >= 15 is 0 Å². The van der Waals surface area contributed by atoms with Crippen molar-refractivity contribution in [2.24, 2.45) is 0 Å². The van der Waals surface area contributed by atoms with E-state index in [1.165, 1.54) is 12.1 Å². The Balaban J connectivity index is 2.77. The van der Waals surface area contributed by atoms with Crippen molar-refractivity contribution in [3.63, 3.8) is 0 Å². The van der Waals surface area contributed by atoms with Crippen molar-refractivity contribution < 1.29 is 9.23 Å². The van der Waals surface area contributed by atoms with E-state index in [4.69, 9.17) is 4.84 Å². The van der Waals surface area contributed by atoms with Crippen LogP contribution in [0.2, 0.25) is 0 Å². The standard InChI is InChI=1S/C9H11BrFNO/c1-12(13-2)6-7-3-8(10)5-9(11)4-7/h3-5H,6H2,1-2H3. The Morgan fingerprint density at radius 2 is 2.15 bits per heavy atom. The maximum atomic E-state index is 12.9. The zero-order valence-electron chi connectivity index (χ0n) is 7.55. The zero-order chi connectivity index (χ0) is 9.84. The van der Waals surface area contributed by atoms with Crippen LogP contribution in [0, 0.1) is 5.82 Å². The van der Waals surface area contributed by atoms with E-state index in [0.29, 0.717) is 6.54 Å². The molecule has 0 saturated heterocycles. The van der Waals surface area contributed by atoms with E-state index in [-0.39, 0.29) is 5.82 Å². The summed E-state index contributed by atoms with van der Waals surface area (Å²) in [6, 6.07) is 4.77. The molecule has 2 nitrogen and oxygen atoms in total. The van der Waals surface area contributed by atoms with Gasteiger partial charge >= 0.3 is 0 Å². The van der Waals surface area contributed by atoms with Crippen LogP contribution in [0.1, 0.15) is 5.56 Å². The fraction of sp³-hybridized carbons (Fsp3) is 0.333. The summed E-state index contributed by atoms with van der Waals surface area (Å²) < 4.78 is 13.6. The van der Waals surface area contributed by atoms with Gasteiger partial charge in [-0.1, -0.05) is 15.9 Å². The third-order valence-electron chi connectivity index (χ3n) is 1.64. The molecule has 0 aliphatic rings. The van der Waals surface area contributed by atoms with Crippen LogP contribution in [-0.4, -0.2) is 19.2 Å². The van der Waals surface area contributed by atoms with Gasteiger partial charge in [0, 0.05) is 18.1 Å². The number of benzene rings is 1. The second-order valence-electron chi connectivity index (χ2n) is 2.75. The topological polar surface area (TPSA) is 12.5 Å². The van der Waals surface area contributed by atoms with Crippen LogP contribution < -0.4 is 0 Å². The predicted molar refractivity (Wildman–Crippen MR) is 52.6 cm³/mol. The molecule has 0 unspecified atom stereocenters. The summed E-state index contributed by atoms with van der Waals surface area (Å²) in [7, 11) is 3.37. The summed E-state index contributed by atoms with van der Waals surface area (Å²) >= 11 is 3.23. The van der Waals surface area contributed by atoms with Crippen molar-refractivity contribution in [2.75, 3.05) is 14.2 Å². The summed E-state index contributed by atoms with van der Waals surface area (Å²) in [5.41, 5.74) is 0.872. The molecule has 0 atom stereocenters. The van der Waals surface area contributed by atoms with Crippen LogP contribution in [0.15, 0.2) is 22.7 Å². The van der Waals surface area contributed by atoms with E-state index in [0.717, 1.165) is 10.0 Å². The molecule has 4 heteroatoms. The molecule has 0 spiro atoms. The van der Waals surface area contributed by atoms with Crippen LogP contribution in [0.3, 0.4) is 0 Å². The van der Waals surface area contributed by atoms with Crippen LogP contribution in [0.5, 0.6) is 0 Å². The molecule has 0 aromatic heterocycles. The molecule has 1 rings (SSSR count). The first kappa shape index (κ1) is 10.6. The first-order chi connectivity index (χ1) is 6.11. The summed E-state index contributed by atoms with van der Waals surface area (Å²) in [5.74, 6) is -0.242. The first-order valence-electron chi connectivity index (χ1n) is 3.82. The second-order valence-corrected chi connectivity index (χ2v) is 3.66. The maximum absolute atomic E-state index is 12.9. The van der Waals surface area contributed by atoms with Crippen molar-refractivity contribution in [1.82, 2.24) is 5.06 Å². The predicted octanol–water partition coefficient (Wildman–Crippen LogP) is 2.58. The molecule has 0 N–H and O–H groups in total. The Hall–Kier alpha value is -0.450. The molecule has 0 aliphatic heterocycles. The minimum atomic E-state index is -0.242. The van der Waals surface area contributed by atoms with Gasteiger partial charge in [0.2, 0.25) is 0 Å². The van der Waals surface area contributed by atoms with E-state index < -0.39 is 0 Å². The van der Waals surface area contributed by atoms with Crippen LogP contribution in [0.4, 0.5) is 4.39 Å². The molecular weight excluding hydrogens is 237 g/mol. The maximum Gasteiger partial charge on any atom is 0.124 e. The lowest BCUT2D eigenvalue weighted by atomic mass is 10.2. The molecule has 0 fully saturated rings. The number of hydroxylamine groups is 2. The number of hydrogen-bond acceptors (Lipinski definition) is 2. The molecule has 0 amide bonds. The second kappa shape index (κ2) is 4.69. The molecule has 0 saturated carbocycles. The highest BCUT2D eigenvalue weighted by molar-refractivity contribution is 9.10. The molecular formula is C9H11BrFNO. The lowest BCUT2D eigenvalue weighted by Crippen LogP contribution is -2.15. The Bertz CT molecular complexity index is 273. The minimum Gasteiger partial charge on any atom is -0.302 e. The summed E-state index contributed by atoms with van der Waals surface area (Å²) in [6.45, 7) is 0.562. The average molecular weight is 248 g/mol. The summed E-state index contributed by atoms with van der Waals surface area (Å²) in [4.78, 5) is 4.93. The third kappa shape index (κ3) is 3.42. The lowest BCUT2D eigenvalue weighted by molar-refractivity contribution is -0.116. The lowest BCUT2D eigenvalue weighted by Gasteiger charge is -2.13. The van der Waals surface area contributed by atoms with Crippen molar-refractivity contribution in [3.8, 4) is 0 Å². The Morgan fingerprint density at radius 3 is 2.69 bits per heavy atom. The molecule has 0 bridgehead atoms. The molecule has 13 heavy (non-hydrogen) atoms. The van der Waals surface area contributed by atoms with Crippen molar-refractivity contribution in [1.29, 1.82) is 0 Å². The molecule has 1 aromatic carbocycles. The van der Waals surface area contributed by atoms with Crippen molar-refractivity contribution in [3.05, 3.63) is 34.1 Å². The number of rotatable bonds is 3. The monoisotopic (exact) mass is 247 g/mol. The van der Waals surface area contributed by atoms with Gasteiger partial charge in [0.05, 0.1) is 7.11 Å². The third-order valence-corrected chi connectivity index (χ3v) is 2.10. The normalized spacial score (nSPS) is 10.8. The number of halogens is 2. The molecule has 1 aromatic rings. The first-order valence-corrected chi connectivity index (χ1v) is 4.61. The average Bonchev–Trinajstić information content (AvgIpc) is 2.02. The smallest absolute Gasteiger partial charge is 0.124 e. The van der Waals surface area contributed by atoms with E-state index in [1.54, 1.807) is 19.2 Å². The SMILES string of the molecule is CON(C)Cc1cc(F)cc(Br)c1. The van der Waals surface area contributed by atoms with Gasteiger partial charge < -0.3 is 4.84 Å². The zero-order valence-corrected chi connectivity index (χ0v) is 9.14. The number of nitrogens with zero attached hydrogens (tertiary/aromatic N) is 1. The van der Waals surface area contributed by atoms with Gasteiger partial charge in [-0.15, -0.1) is 0 Å². The molecule has 72 valence electrons. The quantitative estimate of drug-likeness (QED) is 0.762. The summed E-state index contributed by atoms with van der Waals surface area (Å²) in [6.07, 6.45) is 0. The van der Waals surface area contributed by atoms with Gasteiger partial charge in [-0.05, 0) is 23.8 Å². The highest BCUT2D eigenvalue weighted by Crippen LogP contribution is 2.15. The van der Waals surface area contributed by atoms with Crippen molar-refractivity contribution in [2.45, 2.75) is 6.54 Å². The van der Waals surface area contributed by atoms with Gasteiger partial charge in [0.25, 0.3) is 0 Å². The Morgan fingerprint density at radius 1 is 1.46 bits per heavy atom. The highest BCUT2D eigenvalue weighted by atomic mass is 79.9. The van der Waals surface area contributed by atoms with E-state index in [1.807, 2.05) is 6.07 Å². The largest absolute Gasteiger partial charge is 0.302 e. The Labute approximate surface area is 85.4 Å². The molecule has 0 heterocycles.